The molecule has 1 saturated carbocycles. The average molecular weight is 296 g/mol. The van der Waals surface area contributed by atoms with Crippen molar-refractivity contribution in [3.8, 4) is 0 Å². The molecule has 0 unspecified atom stereocenters. The number of rotatable bonds is 6. The van der Waals surface area contributed by atoms with E-state index < -0.39 is 0 Å². The van der Waals surface area contributed by atoms with E-state index in [1.165, 1.54) is 0 Å². The van der Waals surface area contributed by atoms with Crippen molar-refractivity contribution in [2.45, 2.75) is 19.8 Å². The van der Waals surface area contributed by atoms with Gasteiger partial charge in [0, 0.05) is 11.6 Å². The zero-order valence-electron chi connectivity index (χ0n) is 11.4. The van der Waals surface area contributed by atoms with Crippen molar-refractivity contribution in [3.63, 3.8) is 0 Å². The van der Waals surface area contributed by atoms with Crippen LogP contribution < -0.4 is 5.32 Å². The molecular formula is C15H18ClNO3. The molecule has 1 aliphatic rings. The molecule has 0 bridgehead atoms. The number of nitrogens with one attached hydrogen (secondary N) is 1. The largest absolute Gasteiger partial charge is 0.455 e. The summed E-state index contributed by atoms with van der Waals surface area (Å²) < 4.78 is 4.95. The second-order valence-corrected chi connectivity index (χ2v) is 5.59. The fraction of sp³-hybridized carbons (Fsp3) is 0.467. The molecule has 1 amide bonds. The molecule has 1 N–H and O–H groups in total. The molecule has 0 spiro atoms. The van der Waals surface area contributed by atoms with E-state index in [2.05, 4.69) is 5.32 Å². The third-order valence-electron chi connectivity index (χ3n) is 3.41. The Kier molecular flexibility index (Phi) is 5.01. The third-order valence-corrected chi connectivity index (χ3v) is 3.66. The van der Waals surface area contributed by atoms with Gasteiger partial charge in [0.05, 0.1) is 5.92 Å². The van der Waals surface area contributed by atoms with Gasteiger partial charge in [0.15, 0.2) is 6.61 Å². The van der Waals surface area contributed by atoms with Gasteiger partial charge in [0.2, 0.25) is 0 Å². The molecule has 0 aliphatic heterocycles. The Morgan fingerprint density at radius 3 is 2.60 bits per heavy atom. The highest BCUT2D eigenvalue weighted by molar-refractivity contribution is 6.30. The molecule has 0 saturated heterocycles. The van der Waals surface area contributed by atoms with Crippen LogP contribution >= 0.6 is 11.6 Å². The van der Waals surface area contributed by atoms with Gasteiger partial charge in [-0.3, -0.25) is 9.59 Å². The molecule has 1 aromatic carbocycles. The van der Waals surface area contributed by atoms with Gasteiger partial charge >= 0.3 is 5.97 Å². The minimum atomic E-state index is -0.263. The number of esters is 1. The first-order chi connectivity index (χ1) is 9.56. The molecule has 108 valence electrons. The van der Waals surface area contributed by atoms with Gasteiger partial charge in [-0.15, -0.1) is 0 Å². The van der Waals surface area contributed by atoms with E-state index in [-0.39, 0.29) is 24.4 Å². The highest BCUT2D eigenvalue weighted by Crippen LogP contribution is 2.38. The molecule has 1 aliphatic carbocycles. The molecule has 20 heavy (non-hydrogen) atoms. The number of ether oxygens (including phenoxy) is 1. The number of amides is 1. The van der Waals surface area contributed by atoms with E-state index in [4.69, 9.17) is 16.3 Å². The van der Waals surface area contributed by atoms with Crippen LogP contribution in [0.4, 0.5) is 0 Å². The van der Waals surface area contributed by atoms with Crippen LogP contribution in [-0.4, -0.2) is 25.0 Å². The Balaban J connectivity index is 1.60. The monoisotopic (exact) mass is 295 g/mol. The van der Waals surface area contributed by atoms with E-state index >= 15 is 0 Å². The van der Waals surface area contributed by atoms with Crippen molar-refractivity contribution in [2.24, 2.45) is 11.8 Å². The molecule has 5 heteroatoms. The number of benzene rings is 1. The maximum Gasteiger partial charge on any atom is 0.309 e. The first-order valence-corrected chi connectivity index (χ1v) is 7.12. The topological polar surface area (TPSA) is 55.4 Å². The second kappa shape index (κ2) is 6.75. The zero-order chi connectivity index (χ0) is 14.5. The molecule has 0 heterocycles. The van der Waals surface area contributed by atoms with E-state index in [9.17, 15) is 9.59 Å². The van der Waals surface area contributed by atoms with Crippen LogP contribution in [0.2, 0.25) is 5.02 Å². The predicted octanol–water partition coefficient (Wildman–Crippen LogP) is 2.20. The van der Waals surface area contributed by atoms with Crippen molar-refractivity contribution >= 4 is 23.5 Å². The molecular weight excluding hydrogens is 278 g/mol. The Labute approximate surface area is 123 Å². The van der Waals surface area contributed by atoms with Crippen molar-refractivity contribution in [1.29, 1.82) is 0 Å². The van der Waals surface area contributed by atoms with Crippen LogP contribution in [-0.2, 0) is 20.7 Å². The standard InChI is InChI=1S/C15H18ClNO3/c1-10-8-13(10)15(19)20-9-14(18)17-7-6-11-2-4-12(16)5-3-11/h2-5,10,13H,6-9H2,1H3,(H,17,18)/t10-,13+/m1/s1. The van der Waals surface area contributed by atoms with E-state index in [0.29, 0.717) is 17.5 Å². The van der Waals surface area contributed by atoms with E-state index in [0.717, 1.165) is 18.4 Å². The molecule has 0 radical (unpaired) electrons. The number of carbonyl (C=O) groups is 2. The average Bonchev–Trinajstić information content (AvgIpc) is 3.15. The van der Waals surface area contributed by atoms with Crippen LogP contribution in [0.25, 0.3) is 0 Å². The second-order valence-electron chi connectivity index (χ2n) is 5.15. The minimum Gasteiger partial charge on any atom is -0.455 e. The van der Waals surface area contributed by atoms with Gasteiger partial charge in [-0.1, -0.05) is 30.7 Å². The van der Waals surface area contributed by atoms with Crippen molar-refractivity contribution in [1.82, 2.24) is 5.32 Å². The van der Waals surface area contributed by atoms with Crippen LogP contribution in [0.3, 0.4) is 0 Å². The minimum absolute atomic E-state index is 0.00290. The lowest BCUT2D eigenvalue weighted by atomic mass is 10.1. The fourth-order valence-electron chi connectivity index (χ4n) is 1.94. The molecule has 2 atom stereocenters. The summed E-state index contributed by atoms with van der Waals surface area (Å²) in [6, 6.07) is 7.47. The SMILES string of the molecule is C[C@@H]1C[C@@H]1C(=O)OCC(=O)NCCc1ccc(Cl)cc1. The number of halogens is 1. The van der Waals surface area contributed by atoms with Crippen molar-refractivity contribution < 1.29 is 14.3 Å². The molecule has 1 fully saturated rings. The molecule has 4 nitrogen and oxygen atoms in total. The Morgan fingerprint density at radius 1 is 1.35 bits per heavy atom. The lowest BCUT2D eigenvalue weighted by Gasteiger charge is -2.06. The van der Waals surface area contributed by atoms with Crippen molar-refractivity contribution in [2.75, 3.05) is 13.2 Å². The lowest BCUT2D eigenvalue weighted by Crippen LogP contribution is -2.30. The summed E-state index contributed by atoms with van der Waals surface area (Å²) in [6.45, 7) is 2.32. The highest BCUT2D eigenvalue weighted by Gasteiger charge is 2.40. The van der Waals surface area contributed by atoms with Crippen LogP contribution in [0, 0.1) is 11.8 Å². The van der Waals surface area contributed by atoms with Gasteiger partial charge in [-0.05, 0) is 36.5 Å². The van der Waals surface area contributed by atoms with Gasteiger partial charge in [0.25, 0.3) is 5.91 Å². The Morgan fingerprint density at radius 2 is 2.00 bits per heavy atom. The molecule has 1 aromatic rings. The summed E-state index contributed by atoms with van der Waals surface area (Å²) in [6.07, 6.45) is 1.59. The van der Waals surface area contributed by atoms with Crippen LogP contribution in [0.5, 0.6) is 0 Å². The summed E-state index contributed by atoms with van der Waals surface area (Å²) in [7, 11) is 0. The Hall–Kier alpha value is -1.55. The fourth-order valence-corrected chi connectivity index (χ4v) is 2.07. The van der Waals surface area contributed by atoms with E-state index in [1.54, 1.807) is 0 Å². The zero-order valence-corrected chi connectivity index (χ0v) is 12.2. The summed E-state index contributed by atoms with van der Waals surface area (Å²) in [4.78, 5) is 22.9. The van der Waals surface area contributed by atoms with Gasteiger partial charge in [0.1, 0.15) is 0 Å². The van der Waals surface area contributed by atoms with Crippen molar-refractivity contribution in [3.05, 3.63) is 34.9 Å². The maximum atomic E-state index is 11.5. The predicted molar refractivity (Wildman–Crippen MR) is 76.4 cm³/mol. The number of carbonyl (C=O) groups excluding carboxylic acids is 2. The normalized spacial score (nSPS) is 20.3. The maximum absolute atomic E-state index is 11.5. The van der Waals surface area contributed by atoms with Gasteiger partial charge in [-0.2, -0.15) is 0 Å². The van der Waals surface area contributed by atoms with Gasteiger partial charge < -0.3 is 10.1 Å². The first-order valence-electron chi connectivity index (χ1n) is 6.74. The smallest absolute Gasteiger partial charge is 0.309 e. The van der Waals surface area contributed by atoms with E-state index in [1.807, 2.05) is 31.2 Å². The third kappa shape index (κ3) is 4.53. The first kappa shape index (κ1) is 14.9. The van der Waals surface area contributed by atoms with Gasteiger partial charge in [-0.25, -0.2) is 0 Å². The van der Waals surface area contributed by atoms with Crippen LogP contribution in [0.1, 0.15) is 18.9 Å². The highest BCUT2D eigenvalue weighted by atomic mass is 35.5. The molecule has 0 aromatic heterocycles. The Bertz CT molecular complexity index is 486. The summed E-state index contributed by atoms with van der Waals surface area (Å²) in [5.74, 6) is -0.127. The quantitative estimate of drug-likeness (QED) is 0.819. The summed E-state index contributed by atoms with van der Waals surface area (Å²) >= 11 is 5.79. The number of hydrogen-bond donors (Lipinski definition) is 1. The van der Waals surface area contributed by atoms with Crippen LogP contribution in [0.15, 0.2) is 24.3 Å². The summed E-state index contributed by atoms with van der Waals surface area (Å²) in [5, 5.41) is 3.42. The number of hydrogen-bond acceptors (Lipinski definition) is 3. The lowest BCUT2D eigenvalue weighted by molar-refractivity contribution is -0.150. The summed E-state index contributed by atoms with van der Waals surface area (Å²) in [5.41, 5.74) is 1.10. The molecule has 2 rings (SSSR count).